The number of rotatable bonds is 0. The van der Waals surface area contributed by atoms with Crippen molar-refractivity contribution in [1.82, 2.24) is 6.15 Å². The van der Waals surface area contributed by atoms with Crippen molar-refractivity contribution in [3.8, 4) is 0 Å². The standard InChI is InChI=1S/C6H4FI.H3N/c7-5-1-3-6(8)4-2-5;/h1-4H;1H3. The van der Waals surface area contributed by atoms with Gasteiger partial charge >= 0.3 is 0 Å². The summed E-state index contributed by atoms with van der Waals surface area (Å²) in [5, 5.41) is 0. The first kappa shape index (κ1) is 8.84. The summed E-state index contributed by atoms with van der Waals surface area (Å²) in [5.41, 5.74) is 0. The molecule has 0 atom stereocenters. The molecule has 0 saturated heterocycles. The summed E-state index contributed by atoms with van der Waals surface area (Å²) in [6.45, 7) is 0. The summed E-state index contributed by atoms with van der Waals surface area (Å²) < 4.78 is 13.1. The largest absolute Gasteiger partial charge is 0.344 e. The van der Waals surface area contributed by atoms with Gasteiger partial charge in [-0.3, -0.25) is 0 Å². The van der Waals surface area contributed by atoms with Gasteiger partial charge in [0.25, 0.3) is 0 Å². The molecule has 1 rings (SSSR count). The van der Waals surface area contributed by atoms with E-state index in [1.165, 1.54) is 12.1 Å². The van der Waals surface area contributed by atoms with Crippen LogP contribution in [0.4, 0.5) is 4.39 Å². The molecule has 1 aromatic carbocycles. The van der Waals surface area contributed by atoms with Gasteiger partial charge < -0.3 is 6.15 Å². The fourth-order valence-electron chi connectivity index (χ4n) is 0.430. The van der Waals surface area contributed by atoms with Crippen molar-refractivity contribution in [3.63, 3.8) is 0 Å². The highest BCUT2D eigenvalue weighted by molar-refractivity contribution is 14.1. The minimum absolute atomic E-state index is 0. The van der Waals surface area contributed by atoms with Crippen LogP contribution in [0.15, 0.2) is 24.3 Å². The second-order valence-corrected chi connectivity index (χ2v) is 2.68. The Morgan fingerprint density at radius 1 is 1.11 bits per heavy atom. The van der Waals surface area contributed by atoms with E-state index in [0.717, 1.165) is 3.57 Å². The van der Waals surface area contributed by atoms with Crippen molar-refractivity contribution in [2.75, 3.05) is 0 Å². The molecule has 0 amide bonds. The summed E-state index contributed by atoms with van der Waals surface area (Å²) in [5.74, 6) is -0.176. The highest BCUT2D eigenvalue weighted by Gasteiger charge is 1.84. The topological polar surface area (TPSA) is 35.0 Å². The van der Waals surface area contributed by atoms with E-state index < -0.39 is 0 Å². The average molecular weight is 239 g/mol. The van der Waals surface area contributed by atoms with E-state index in [4.69, 9.17) is 0 Å². The summed E-state index contributed by atoms with van der Waals surface area (Å²) in [4.78, 5) is 0. The predicted molar refractivity (Wildman–Crippen MR) is 44.1 cm³/mol. The van der Waals surface area contributed by atoms with Crippen LogP contribution in [0.5, 0.6) is 0 Å². The van der Waals surface area contributed by atoms with Gasteiger partial charge in [-0.15, -0.1) is 0 Å². The van der Waals surface area contributed by atoms with E-state index in [2.05, 4.69) is 22.6 Å². The van der Waals surface area contributed by atoms with Crippen LogP contribution in [0.25, 0.3) is 0 Å². The summed E-state index contributed by atoms with van der Waals surface area (Å²) in [7, 11) is 0. The van der Waals surface area contributed by atoms with Gasteiger partial charge in [0, 0.05) is 3.57 Å². The molecule has 3 heteroatoms. The van der Waals surface area contributed by atoms with Crippen LogP contribution in [0, 0.1) is 9.39 Å². The quantitative estimate of drug-likeness (QED) is 0.694. The second kappa shape index (κ2) is 3.79. The normalized spacial score (nSPS) is 8.22. The molecule has 3 N–H and O–H groups in total. The first-order valence-electron chi connectivity index (χ1n) is 2.20. The Kier molecular flexibility index (Phi) is 3.72. The van der Waals surface area contributed by atoms with Crippen molar-refractivity contribution >= 4 is 22.6 Å². The molecule has 0 aliphatic rings. The van der Waals surface area contributed by atoms with Crippen molar-refractivity contribution in [2.45, 2.75) is 0 Å². The molecule has 0 heterocycles. The molecule has 0 aliphatic carbocycles. The molecule has 0 saturated carbocycles. The Morgan fingerprint density at radius 2 is 1.56 bits per heavy atom. The first-order valence-corrected chi connectivity index (χ1v) is 3.28. The van der Waals surface area contributed by atoms with Gasteiger partial charge in [-0.1, -0.05) is 0 Å². The molecule has 1 nitrogen and oxygen atoms in total. The van der Waals surface area contributed by atoms with E-state index in [0.29, 0.717) is 0 Å². The van der Waals surface area contributed by atoms with Crippen LogP contribution in [0.1, 0.15) is 0 Å². The molecule has 0 aromatic heterocycles. The third-order valence-electron chi connectivity index (χ3n) is 0.804. The zero-order valence-electron chi connectivity index (χ0n) is 4.77. The van der Waals surface area contributed by atoms with E-state index >= 15 is 0 Å². The van der Waals surface area contributed by atoms with Crippen LogP contribution < -0.4 is 6.15 Å². The van der Waals surface area contributed by atoms with Crippen molar-refractivity contribution in [1.29, 1.82) is 0 Å². The smallest absolute Gasteiger partial charge is 0.123 e. The van der Waals surface area contributed by atoms with E-state index in [1.54, 1.807) is 12.1 Å². The maximum absolute atomic E-state index is 12.1. The average Bonchev–Trinajstić information content (AvgIpc) is 1.77. The number of halogens is 2. The van der Waals surface area contributed by atoms with Gasteiger partial charge in [0.2, 0.25) is 0 Å². The van der Waals surface area contributed by atoms with E-state index in [-0.39, 0.29) is 12.0 Å². The molecule has 50 valence electrons. The molecule has 0 unspecified atom stereocenters. The Labute approximate surface area is 67.0 Å². The monoisotopic (exact) mass is 239 g/mol. The zero-order chi connectivity index (χ0) is 5.98. The summed E-state index contributed by atoms with van der Waals surface area (Å²) in [6.07, 6.45) is 0. The summed E-state index contributed by atoms with van der Waals surface area (Å²) in [6, 6.07) is 6.36. The maximum Gasteiger partial charge on any atom is 0.123 e. The second-order valence-electron chi connectivity index (χ2n) is 1.44. The lowest BCUT2D eigenvalue weighted by Gasteiger charge is -1.85. The predicted octanol–water partition coefficient (Wildman–Crippen LogP) is 2.59. The highest BCUT2D eigenvalue weighted by Crippen LogP contribution is 2.03. The van der Waals surface area contributed by atoms with Crippen molar-refractivity contribution in [3.05, 3.63) is 33.7 Å². The van der Waals surface area contributed by atoms with Gasteiger partial charge in [0.1, 0.15) is 5.82 Å². The Balaban J connectivity index is 0.000000640. The lowest BCUT2D eigenvalue weighted by molar-refractivity contribution is 0.627. The number of hydrogen-bond acceptors (Lipinski definition) is 1. The fraction of sp³-hybridized carbons (Fsp3) is 0. The lowest BCUT2D eigenvalue weighted by atomic mass is 10.4. The van der Waals surface area contributed by atoms with E-state index in [9.17, 15) is 4.39 Å². The van der Waals surface area contributed by atoms with Crippen LogP contribution in [0.2, 0.25) is 0 Å². The zero-order valence-corrected chi connectivity index (χ0v) is 6.93. The van der Waals surface area contributed by atoms with Gasteiger partial charge in [-0.25, -0.2) is 4.39 Å². The lowest BCUT2D eigenvalue weighted by Crippen LogP contribution is -1.70. The number of benzene rings is 1. The number of hydrogen-bond donors (Lipinski definition) is 1. The Morgan fingerprint density at radius 3 is 1.89 bits per heavy atom. The minimum atomic E-state index is -0.176. The van der Waals surface area contributed by atoms with Crippen LogP contribution >= 0.6 is 22.6 Å². The molecule has 0 bridgehead atoms. The third kappa shape index (κ3) is 2.76. The molecule has 0 radical (unpaired) electrons. The molecule has 0 aliphatic heterocycles. The minimum Gasteiger partial charge on any atom is -0.344 e. The highest BCUT2D eigenvalue weighted by atomic mass is 127. The Hall–Kier alpha value is -0.160. The fourth-order valence-corrected chi connectivity index (χ4v) is 0.789. The van der Waals surface area contributed by atoms with Crippen LogP contribution in [-0.4, -0.2) is 0 Å². The van der Waals surface area contributed by atoms with Crippen LogP contribution in [0.3, 0.4) is 0 Å². The van der Waals surface area contributed by atoms with Crippen molar-refractivity contribution < 1.29 is 4.39 Å². The van der Waals surface area contributed by atoms with Crippen molar-refractivity contribution in [2.24, 2.45) is 0 Å². The van der Waals surface area contributed by atoms with Gasteiger partial charge in [0.05, 0.1) is 0 Å². The van der Waals surface area contributed by atoms with Gasteiger partial charge in [-0.2, -0.15) is 0 Å². The third-order valence-corrected chi connectivity index (χ3v) is 1.52. The molecule has 1 aromatic rings. The summed E-state index contributed by atoms with van der Waals surface area (Å²) >= 11 is 2.13. The first-order chi connectivity index (χ1) is 3.79. The SMILES string of the molecule is Fc1ccc(I)cc1.N. The molecular formula is C6H7FIN. The van der Waals surface area contributed by atoms with Gasteiger partial charge in [0.15, 0.2) is 0 Å². The van der Waals surface area contributed by atoms with E-state index in [1.807, 2.05) is 0 Å². The molecule has 0 fully saturated rings. The molecule has 0 spiro atoms. The van der Waals surface area contributed by atoms with Crippen LogP contribution in [-0.2, 0) is 0 Å². The molecular weight excluding hydrogens is 232 g/mol. The Bertz CT molecular complexity index is 152. The molecule has 9 heavy (non-hydrogen) atoms. The maximum atomic E-state index is 12.1. The van der Waals surface area contributed by atoms with Gasteiger partial charge in [-0.05, 0) is 46.9 Å².